The molecule has 7 heteroatoms. The molecule has 2 aromatic carbocycles. The van der Waals surface area contributed by atoms with Gasteiger partial charge in [0.2, 0.25) is 0 Å². The number of urea groups is 1. The molecule has 1 atom stereocenters. The van der Waals surface area contributed by atoms with Crippen molar-refractivity contribution in [3.05, 3.63) is 65.7 Å². The van der Waals surface area contributed by atoms with Gasteiger partial charge in [-0.05, 0) is 41.8 Å². The Morgan fingerprint density at radius 1 is 1.17 bits per heavy atom. The monoisotopic (exact) mass is 408 g/mol. The molecule has 1 aliphatic heterocycles. The minimum atomic E-state index is -0.264. The molecule has 1 aliphatic rings. The van der Waals surface area contributed by atoms with E-state index in [1.54, 1.807) is 14.2 Å². The molecule has 0 aliphatic carbocycles. The van der Waals surface area contributed by atoms with E-state index in [-0.39, 0.29) is 24.5 Å². The summed E-state index contributed by atoms with van der Waals surface area (Å²) in [5.41, 5.74) is 2.79. The Hall–Kier alpha value is -3.35. The number of nitrogens with zero attached hydrogens (tertiary/aromatic N) is 3. The number of ether oxygens (including phenoxy) is 1. The smallest absolute Gasteiger partial charge is 0.317 e. The van der Waals surface area contributed by atoms with Gasteiger partial charge in [0.1, 0.15) is 12.3 Å². The number of methoxy groups -OCH3 is 1. The van der Waals surface area contributed by atoms with Gasteiger partial charge >= 0.3 is 6.03 Å². The molecule has 0 radical (unpaired) electrons. The fourth-order valence-corrected chi connectivity index (χ4v) is 3.35. The largest absolute Gasteiger partial charge is 0.497 e. The third-order valence-electron chi connectivity index (χ3n) is 5.02. The van der Waals surface area contributed by atoms with Gasteiger partial charge in [0.05, 0.1) is 18.9 Å². The van der Waals surface area contributed by atoms with E-state index >= 15 is 0 Å². The second-order valence-electron chi connectivity index (χ2n) is 7.23. The van der Waals surface area contributed by atoms with Crippen molar-refractivity contribution in [3.63, 3.8) is 0 Å². The standard InChI is InChI=1S/C23H28N4O3/c1-4-14-24-23(29)26(2)16-22(28)27-21(18-8-6-5-7-9-18)15-20(25-27)17-10-12-19(30-3)13-11-17/h5-13,21H,4,14-16H2,1-3H3,(H,24,29)/t21-/m0/s1. The SMILES string of the molecule is CCCNC(=O)N(C)CC(=O)N1N=C(c2ccc(OC)cc2)C[C@H]1c1ccccc1. The van der Waals surface area contributed by atoms with Crippen molar-refractivity contribution in [1.29, 1.82) is 0 Å². The van der Waals surface area contributed by atoms with Crippen molar-refractivity contribution >= 4 is 17.6 Å². The molecule has 1 N–H and O–H groups in total. The van der Waals surface area contributed by atoms with Gasteiger partial charge in [0.15, 0.2) is 0 Å². The van der Waals surface area contributed by atoms with E-state index in [4.69, 9.17) is 4.74 Å². The molecule has 0 bridgehead atoms. The predicted molar refractivity (Wildman–Crippen MR) is 116 cm³/mol. The van der Waals surface area contributed by atoms with Gasteiger partial charge in [-0.25, -0.2) is 9.80 Å². The molecule has 3 amide bonds. The molecule has 0 unspecified atom stereocenters. The van der Waals surface area contributed by atoms with Gasteiger partial charge < -0.3 is 15.0 Å². The Kier molecular flexibility index (Phi) is 7.06. The van der Waals surface area contributed by atoms with Crippen LogP contribution in [0.15, 0.2) is 59.7 Å². The van der Waals surface area contributed by atoms with Crippen molar-refractivity contribution in [2.45, 2.75) is 25.8 Å². The summed E-state index contributed by atoms with van der Waals surface area (Å²) in [4.78, 5) is 26.6. The van der Waals surface area contributed by atoms with Crippen LogP contribution in [0, 0.1) is 0 Å². The minimum absolute atomic E-state index is 0.0434. The van der Waals surface area contributed by atoms with E-state index in [2.05, 4.69) is 10.4 Å². The first-order valence-electron chi connectivity index (χ1n) is 10.1. The first-order valence-corrected chi connectivity index (χ1v) is 10.1. The maximum absolute atomic E-state index is 13.1. The van der Waals surface area contributed by atoms with E-state index in [0.29, 0.717) is 13.0 Å². The van der Waals surface area contributed by atoms with Crippen LogP contribution in [0.3, 0.4) is 0 Å². The lowest BCUT2D eigenvalue weighted by Gasteiger charge is -2.25. The van der Waals surface area contributed by atoms with E-state index < -0.39 is 0 Å². The van der Waals surface area contributed by atoms with Gasteiger partial charge in [0, 0.05) is 20.0 Å². The molecule has 0 aromatic heterocycles. The van der Waals surface area contributed by atoms with Gasteiger partial charge in [0.25, 0.3) is 5.91 Å². The number of nitrogens with one attached hydrogen (secondary N) is 1. The van der Waals surface area contributed by atoms with Crippen molar-refractivity contribution in [2.24, 2.45) is 5.10 Å². The van der Waals surface area contributed by atoms with E-state index in [0.717, 1.165) is 29.0 Å². The molecule has 7 nitrogen and oxygen atoms in total. The second-order valence-corrected chi connectivity index (χ2v) is 7.23. The number of likely N-dealkylation sites (N-methyl/N-ethyl adjacent to an activating group) is 1. The Balaban J connectivity index is 1.81. The third-order valence-corrected chi connectivity index (χ3v) is 5.02. The maximum Gasteiger partial charge on any atom is 0.317 e. The highest BCUT2D eigenvalue weighted by atomic mass is 16.5. The van der Waals surface area contributed by atoms with Crippen LogP contribution in [0.4, 0.5) is 4.79 Å². The molecule has 30 heavy (non-hydrogen) atoms. The molecule has 1 heterocycles. The average Bonchev–Trinajstić information content (AvgIpc) is 3.23. The summed E-state index contributed by atoms with van der Waals surface area (Å²) in [5.74, 6) is 0.547. The number of benzene rings is 2. The predicted octanol–water partition coefficient (Wildman–Crippen LogP) is 3.42. The van der Waals surface area contributed by atoms with Crippen LogP contribution in [0.2, 0.25) is 0 Å². The summed E-state index contributed by atoms with van der Waals surface area (Å²) < 4.78 is 5.23. The summed E-state index contributed by atoms with van der Waals surface area (Å²) in [5, 5.41) is 8.94. The van der Waals surface area contributed by atoms with E-state index in [9.17, 15) is 9.59 Å². The second kappa shape index (κ2) is 9.91. The summed E-state index contributed by atoms with van der Waals surface area (Å²) in [6.07, 6.45) is 1.44. The van der Waals surface area contributed by atoms with Gasteiger partial charge in [-0.2, -0.15) is 5.10 Å². The third kappa shape index (κ3) is 4.97. The minimum Gasteiger partial charge on any atom is -0.497 e. The lowest BCUT2D eigenvalue weighted by molar-refractivity contribution is -0.133. The van der Waals surface area contributed by atoms with Crippen molar-refractivity contribution in [1.82, 2.24) is 15.2 Å². The van der Waals surface area contributed by atoms with Crippen LogP contribution in [0.5, 0.6) is 5.75 Å². The molecule has 0 spiro atoms. The summed E-state index contributed by atoms with van der Waals surface area (Å²) in [6.45, 7) is 2.52. The van der Waals surface area contributed by atoms with Crippen LogP contribution in [-0.2, 0) is 4.79 Å². The lowest BCUT2D eigenvalue weighted by atomic mass is 9.98. The van der Waals surface area contributed by atoms with Crippen LogP contribution < -0.4 is 10.1 Å². The normalized spacial score (nSPS) is 15.5. The Bertz CT molecular complexity index is 896. The zero-order valence-corrected chi connectivity index (χ0v) is 17.7. The van der Waals surface area contributed by atoms with Crippen LogP contribution in [0.1, 0.15) is 36.9 Å². The molecule has 2 aromatic rings. The van der Waals surface area contributed by atoms with E-state index in [1.807, 2.05) is 61.5 Å². The van der Waals surface area contributed by atoms with Gasteiger partial charge in [-0.15, -0.1) is 0 Å². The molecule has 158 valence electrons. The number of hydrogen-bond donors (Lipinski definition) is 1. The Morgan fingerprint density at radius 2 is 1.87 bits per heavy atom. The number of hydrogen-bond acceptors (Lipinski definition) is 4. The highest BCUT2D eigenvalue weighted by Crippen LogP contribution is 2.33. The lowest BCUT2D eigenvalue weighted by Crippen LogP contribution is -2.43. The zero-order valence-electron chi connectivity index (χ0n) is 17.7. The summed E-state index contributed by atoms with van der Waals surface area (Å²) in [7, 11) is 3.24. The molecule has 0 saturated carbocycles. The molecule has 3 rings (SSSR count). The van der Waals surface area contributed by atoms with Crippen molar-refractivity contribution in [2.75, 3.05) is 27.2 Å². The van der Waals surface area contributed by atoms with Crippen LogP contribution in [0.25, 0.3) is 0 Å². The molecular formula is C23H28N4O3. The van der Waals surface area contributed by atoms with Crippen molar-refractivity contribution < 1.29 is 14.3 Å². The van der Waals surface area contributed by atoms with Crippen LogP contribution >= 0.6 is 0 Å². The quantitative estimate of drug-likeness (QED) is 0.763. The summed E-state index contributed by atoms with van der Waals surface area (Å²) in [6, 6.07) is 17.0. The highest BCUT2D eigenvalue weighted by Gasteiger charge is 2.33. The number of hydrazone groups is 1. The molecule has 0 fully saturated rings. The highest BCUT2D eigenvalue weighted by molar-refractivity contribution is 6.03. The number of carbonyl (C=O) groups is 2. The molecule has 0 saturated heterocycles. The number of carbonyl (C=O) groups excluding carboxylic acids is 2. The van der Waals surface area contributed by atoms with Crippen molar-refractivity contribution in [3.8, 4) is 5.75 Å². The number of amides is 3. The summed E-state index contributed by atoms with van der Waals surface area (Å²) >= 11 is 0. The van der Waals surface area contributed by atoms with Crippen LogP contribution in [-0.4, -0.2) is 54.8 Å². The van der Waals surface area contributed by atoms with Gasteiger partial charge in [-0.1, -0.05) is 37.3 Å². The molecular weight excluding hydrogens is 380 g/mol. The fourth-order valence-electron chi connectivity index (χ4n) is 3.35. The Morgan fingerprint density at radius 3 is 2.50 bits per heavy atom. The Labute approximate surface area is 177 Å². The van der Waals surface area contributed by atoms with E-state index in [1.165, 1.54) is 9.91 Å². The zero-order chi connectivity index (χ0) is 21.5. The topological polar surface area (TPSA) is 74.2 Å². The number of rotatable bonds is 7. The first kappa shape index (κ1) is 21.4. The average molecular weight is 409 g/mol. The van der Waals surface area contributed by atoms with Gasteiger partial charge in [-0.3, -0.25) is 4.79 Å². The maximum atomic E-state index is 13.1. The fraction of sp³-hybridized carbons (Fsp3) is 0.348. The first-order chi connectivity index (χ1) is 14.5.